The molecule has 0 fully saturated rings. The van der Waals surface area contributed by atoms with Crippen molar-refractivity contribution in [1.82, 2.24) is 0 Å². The number of carboxylic acids is 1. The zero-order chi connectivity index (χ0) is 11.5. The molecule has 0 aliphatic heterocycles. The first kappa shape index (κ1) is 11.5. The van der Waals surface area contributed by atoms with Crippen LogP contribution in [0.4, 0.5) is 0 Å². The maximum absolute atomic E-state index is 10.4. The van der Waals surface area contributed by atoms with Crippen LogP contribution in [0.5, 0.6) is 0 Å². The van der Waals surface area contributed by atoms with Crippen LogP contribution >= 0.6 is 0 Å². The van der Waals surface area contributed by atoms with Gasteiger partial charge in [-0.25, -0.2) is 4.79 Å². The SMILES string of the molecule is CC(C)(C)c1cccc(/C=C/C(=O)O)c1. The fraction of sp³-hybridized carbons (Fsp3) is 0.308. The molecule has 80 valence electrons. The van der Waals surface area contributed by atoms with Gasteiger partial charge in [0.25, 0.3) is 0 Å². The molecule has 0 spiro atoms. The molecule has 2 nitrogen and oxygen atoms in total. The topological polar surface area (TPSA) is 37.3 Å². The number of hydrogen-bond acceptors (Lipinski definition) is 1. The fourth-order valence-corrected chi connectivity index (χ4v) is 1.28. The van der Waals surface area contributed by atoms with Crippen molar-refractivity contribution < 1.29 is 9.90 Å². The van der Waals surface area contributed by atoms with Gasteiger partial charge in [-0.3, -0.25) is 0 Å². The first-order chi connectivity index (χ1) is 6.89. The van der Waals surface area contributed by atoms with Crippen LogP contribution in [0.2, 0.25) is 0 Å². The highest BCUT2D eigenvalue weighted by molar-refractivity contribution is 5.85. The van der Waals surface area contributed by atoms with Crippen molar-refractivity contribution in [3.05, 3.63) is 41.5 Å². The number of hydrogen-bond donors (Lipinski definition) is 1. The minimum atomic E-state index is -0.920. The number of aliphatic carboxylic acids is 1. The molecule has 0 unspecified atom stereocenters. The van der Waals surface area contributed by atoms with E-state index >= 15 is 0 Å². The second-order valence-electron chi connectivity index (χ2n) is 4.55. The van der Waals surface area contributed by atoms with Gasteiger partial charge in [-0.05, 0) is 22.6 Å². The monoisotopic (exact) mass is 204 g/mol. The van der Waals surface area contributed by atoms with Gasteiger partial charge in [-0.2, -0.15) is 0 Å². The zero-order valence-corrected chi connectivity index (χ0v) is 9.32. The Hall–Kier alpha value is -1.57. The molecular weight excluding hydrogens is 188 g/mol. The Balaban J connectivity index is 2.98. The highest BCUT2D eigenvalue weighted by Crippen LogP contribution is 2.23. The van der Waals surface area contributed by atoms with E-state index in [-0.39, 0.29) is 5.41 Å². The number of carbonyl (C=O) groups is 1. The lowest BCUT2D eigenvalue weighted by Crippen LogP contribution is -2.10. The molecule has 0 heterocycles. The molecule has 0 aromatic heterocycles. The molecule has 1 rings (SSSR count). The molecule has 2 heteroatoms. The fourth-order valence-electron chi connectivity index (χ4n) is 1.28. The van der Waals surface area contributed by atoms with Crippen LogP contribution in [0, 0.1) is 0 Å². The maximum atomic E-state index is 10.4. The van der Waals surface area contributed by atoms with Crippen molar-refractivity contribution in [3.8, 4) is 0 Å². The van der Waals surface area contributed by atoms with Gasteiger partial charge in [-0.1, -0.05) is 45.0 Å². The van der Waals surface area contributed by atoms with Crippen LogP contribution < -0.4 is 0 Å². The van der Waals surface area contributed by atoms with Crippen molar-refractivity contribution in [1.29, 1.82) is 0 Å². The van der Waals surface area contributed by atoms with E-state index in [0.29, 0.717) is 0 Å². The van der Waals surface area contributed by atoms with Gasteiger partial charge in [0.15, 0.2) is 0 Å². The Kier molecular flexibility index (Phi) is 3.30. The quantitative estimate of drug-likeness (QED) is 0.752. The van der Waals surface area contributed by atoms with Crippen LogP contribution in [-0.2, 0) is 10.2 Å². The van der Waals surface area contributed by atoms with Gasteiger partial charge in [0.2, 0.25) is 0 Å². The molecule has 0 aliphatic rings. The zero-order valence-electron chi connectivity index (χ0n) is 9.32. The average molecular weight is 204 g/mol. The first-order valence-electron chi connectivity index (χ1n) is 4.91. The lowest BCUT2D eigenvalue weighted by atomic mass is 9.86. The van der Waals surface area contributed by atoms with Crippen molar-refractivity contribution in [2.45, 2.75) is 26.2 Å². The van der Waals surface area contributed by atoms with Gasteiger partial charge >= 0.3 is 5.97 Å². The molecule has 0 saturated heterocycles. The summed E-state index contributed by atoms with van der Waals surface area (Å²) in [7, 11) is 0. The Morgan fingerprint density at radius 1 is 1.33 bits per heavy atom. The molecule has 0 radical (unpaired) electrons. The third-order valence-corrected chi connectivity index (χ3v) is 2.17. The highest BCUT2D eigenvalue weighted by atomic mass is 16.4. The lowest BCUT2D eigenvalue weighted by molar-refractivity contribution is -0.131. The summed E-state index contributed by atoms with van der Waals surface area (Å²) >= 11 is 0. The Bertz CT molecular complexity index is 384. The largest absolute Gasteiger partial charge is 0.478 e. The van der Waals surface area contributed by atoms with Crippen LogP contribution in [0.3, 0.4) is 0 Å². The van der Waals surface area contributed by atoms with E-state index in [1.165, 1.54) is 5.56 Å². The van der Waals surface area contributed by atoms with Gasteiger partial charge < -0.3 is 5.11 Å². The second kappa shape index (κ2) is 4.30. The number of carboxylic acid groups (broad SMARTS) is 1. The molecule has 1 aromatic rings. The maximum Gasteiger partial charge on any atom is 0.328 e. The summed E-state index contributed by atoms with van der Waals surface area (Å²) in [6.07, 6.45) is 2.76. The van der Waals surface area contributed by atoms with Gasteiger partial charge in [0.05, 0.1) is 0 Å². The van der Waals surface area contributed by atoms with Crippen molar-refractivity contribution in [3.63, 3.8) is 0 Å². The van der Waals surface area contributed by atoms with Crippen LogP contribution in [0.25, 0.3) is 6.08 Å². The van der Waals surface area contributed by atoms with E-state index < -0.39 is 5.97 Å². The Morgan fingerprint density at radius 2 is 2.00 bits per heavy atom. The molecule has 15 heavy (non-hydrogen) atoms. The van der Waals surface area contributed by atoms with Gasteiger partial charge in [-0.15, -0.1) is 0 Å². The number of rotatable bonds is 2. The average Bonchev–Trinajstić information content (AvgIpc) is 2.14. The van der Waals surface area contributed by atoms with Crippen LogP contribution in [0.1, 0.15) is 31.9 Å². The number of benzene rings is 1. The highest BCUT2D eigenvalue weighted by Gasteiger charge is 2.12. The minimum absolute atomic E-state index is 0.0904. The smallest absolute Gasteiger partial charge is 0.328 e. The summed E-state index contributed by atoms with van der Waals surface area (Å²) in [5.74, 6) is -0.920. The van der Waals surface area contributed by atoms with E-state index in [2.05, 4.69) is 26.8 Å². The predicted molar refractivity (Wildman–Crippen MR) is 61.8 cm³/mol. The van der Waals surface area contributed by atoms with E-state index in [4.69, 9.17) is 5.11 Å². The van der Waals surface area contributed by atoms with Crippen LogP contribution in [0.15, 0.2) is 30.3 Å². The third kappa shape index (κ3) is 3.58. The molecule has 0 atom stereocenters. The van der Waals surface area contributed by atoms with E-state index in [1.807, 2.05) is 18.2 Å². The summed E-state index contributed by atoms with van der Waals surface area (Å²) in [6.45, 7) is 6.40. The molecule has 0 saturated carbocycles. The molecule has 0 amide bonds. The lowest BCUT2D eigenvalue weighted by Gasteiger charge is -2.19. The molecule has 0 bridgehead atoms. The second-order valence-corrected chi connectivity index (χ2v) is 4.55. The molecular formula is C13H16O2. The predicted octanol–water partition coefficient (Wildman–Crippen LogP) is 3.08. The molecule has 0 aliphatic carbocycles. The summed E-state index contributed by atoms with van der Waals surface area (Å²) in [4.78, 5) is 10.4. The summed E-state index contributed by atoms with van der Waals surface area (Å²) in [5.41, 5.74) is 2.22. The van der Waals surface area contributed by atoms with Crippen molar-refractivity contribution >= 4 is 12.0 Å². The molecule has 1 aromatic carbocycles. The normalized spacial score (nSPS) is 11.9. The van der Waals surface area contributed by atoms with E-state index in [9.17, 15) is 4.79 Å². The minimum Gasteiger partial charge on any atom is -0.478 e. The Morgan fingerprint density at radius 3 is 2.53 bits per heavy atom. The van der Waals surface area contributed by atoms with E-state index in [0.717, 1.165) is 11.6 Å². The van der Waals surface area contributed by atoms with Crippen molar-refractivity contribution in [2.75, 3.05) is 0 Å². The van der Waals surface area contributed by atoms with Crippen LogP contribution in [-0.4, -0.2) is 11.1 Å². The Labute approximate surface area is 90.3 Å². The third-order valence-electron chi connectivity index (χ3n) is 2.17. The standard InChI is InChI=1S/C13H16O2/c1-13(2,3)11-6-4-5-10(9-11)7-8-12(14)15/h4-9H,1-3H3,(H,14,15)/b8-7+. The van der Waals surface area contributed by atoms with Crippen molar-refractivity contribution in [2.24, 2.45) is 0 Å². The summed E-state index contributed by atoms with van der Waals surface area (Å²) < 4.78 is 0. The molecule has 1 N–H and O–H groups in total. The van der Waals surface area contributed by atoms with E-state index in [1.54, 1.807) is 6.08 Å². The summed E-state index contributed by atoms with van der Waals surface area (Å²) in [6, 6.07) is 7.91. The van der Waals surface area contributed by atoms with Gasteiger partial charge in [0, 0.05) is 6.08 Å². The summed E-state index contributed by atoms with van der Waals surface area (Å²) in [5, 5.41) is 8.52. The first-order valence-corrected chi connectivity index (χ1v) is 4.91. The van der Waals surface area contributed by atoms with Gasteiger partial charge in [0.1, 0.15) is 0 Å².